The minimum absolute atomic E-state index is 0.143. The van der Waals surface area contributed by atoms with Crippen LogP contribution in [0.3, 0.4) is 0 Å². The summed E-state index contributed by atoms with van der Waals surface area (Å²) in [6, 6.07) is 12.0. The number of hydrogen-bond acceptors (Lipinski definition) is 7. The molecular weight excluding hydrogens is 400 g/mol. The summed E-state index contributed by atoms with van der Waals surface area (Å²) >= 11 is 6.40. The van der Waals surface area contributed by atoms with E-state index in [9.17, 15) is 25.5 Å². The van der Waals surface area contributed by atoms with Crippen LogP contribution in [-0.4, -0.2) is 63.2 Å². The standard InChI is InChI=1S/C21H25ClO7/c1-11(23)19-17(24)18(25)20(26)21(27,29-19)15-4-3-5-16(22)14(15)10-12-6-8-13(28-2)9-7-12/h3-9,11,17-20,23-27H,10H2,1-2H3/t11-,17-,18-,19+,20+,21+/m0/s1. The first-order valence-electron chi connectivity index (χ1n) is 9.22. The molecule has 7 nitrogen and oxygen atoms in total. The van der Waals surface area contributed by atoms with Gasteiger partial charge in [0.15, 0.2) is 0 Å². The highest BCUT2D eigenvalue weighted by Gasteiger charge is 2.55. The summed E-state index contributed by atoms with van der Waals surface area (Å²) in [6.45, 7) is 1.36. The topological polar surface area (TPSA) is 120 Å². The Morgan fingerprint density at radius 1 is 1.10 bits per heavy atom. The van der Waals surface area contributed by atoms with E-state index in [1.165, 1.54) is 13.0 Å². The van der Waals surface area contributed by atoms with Crippen LogP contribution >= 0.6 is 11.6 Å². The van der Waals surface area contributed by atoms with Gasteiger partial charge in [-0.2, -0.15) is 0 Å². The Morgan fingerprint density at radius 2 is 1.76 bits per heavy atom. The van der Waals surface area contributed by atoms with Crippen LogP contribution < -0.4 is 4.74 Å². The van der Waals surface area contributed by atoms with Crippen molar-refractivity contribution in [3.05, 3.63) is 64.2 Å². The second-order valence-corrected chi connectivity index (χ2v) is 7.64. The van der Waals surface area contributed by atoms with Crippen molar-refractivity contribution in [1.29, 1.82) is 0 Å². The number of methoxy groups -OCH3 is 1. The number of aliphatic hydroxyl groups is 5. The van der Waals surface area contributed by atoms with Gasteiger partial charge >= 0.3 is 0 Å². The van der Waals surface area contributed by atoms with E-state index in [0.29, 0.717) is 22.8 Å². The van der Waals surface area contributed by atoms with Gasteiger partial charge in [0.25, 0.3) is 0 Å². The fraction of sp³-hybridized carbons (Fsp3) is 0.429. The monoisotopic (exact) mass is 424 g/mol. The third-order valence-electron chi connectivity index (χ3n) is 5.25. The van der Waals surface area contributed by atoms with Crippen molar-refractivity contribution in [3.63, 3.8) is 0 Å². The zero-order valence-electron chi connectivity index (χ0n) is 16.1. The number of halogens is 1. The lowest BCUT2D eigenvalue weighted by Gasteiger charge is -2.47. The molecule has 1 heterocycles. The molecule has 0 radical (unpaired) electrons. The molecule has 2 aromatic carbocycles. The van der Waals surface area contributed by atoms with Crippen LogP contribution in [0.15, 0.2) is 42.5 Å². The maximum Gasteiger partial charge on any atom is 0.222 e. The second kappa shape index (κ2) is 8.57. The van der Waals surface area contributed by atoms with E-state index >= 15 is 0 Å². The lowest BCUT2D eigenvalue weighted by molar-refractivity contribution is -0.364. The molecule has 8 heteroatoms. The van der Waals surface area contributed by atoms with Crippen molar-refractivity contribution in [3.8, 4) is 5.75 Å². The van der Waals surface area contributed by atoms with E-state index in [-0.39, 0.29) is 5.56 Å². The quantitative estimate of drug-likeness (QED) is 0.484. The van der Waals surface area contributed by atoms with Crippen molar-refractivity contribution < 1.29 is 35.0 Å². The fourth-order valence-electron chi connectivity index (χ4n) is 3.59. The molecule has 3 rings (SSSR count). The third-order valence-corrected chi connectivity index (χ3v) is 5.60. The highest BCUT2D eigenvalue weighted by molar-refractivity contribution is 6.31. The van der Waals surface area contributed by atoms with Crippen LogP contribution in [-0.2, 0) is 16.9 Å². The summed E-state index contributed by atoms with van der Waals surface area (Å²) in [5.74, 6) is -1.69. The lowest BCUT2D eigenvalue weighted by Crippen LogP contribution is -2.65. The largest absolute Gasteiger partial charge is 0.497 e. The van der Waals surface area contributed by atoms with Crippen molar-refractivity contribution in [2.24, 2.45) is 0 Å². The molecule has 0 bridgehead atoms. The third kappa shape index (κ3) is 4.13. The van der Waals surface area contributed by atoms with E-state index in [4.69, 9.17) is 21.1 Å². The molecule has 1 fully saturated rings. The number of benzene rings is 2. The first-order chi connectivity index (χ1) is 13.7. The lowest BCUT2D eigenvalue weighted by atomic mass is 9.84. The first-order valence-corrected chi connectivity index (χ1v) is 9.60. The summed E-state index contributed by atoms with van der Waals surface area (Å²) in [5, 5.41) is 52.4. The normalized spacial score (nSPS) is 30.8. The first kappa shape index (κ1) is 22.0. The number of rotatable bonds is 5. The number of hydrogen-bond donors (Lipinski definition) is 5. The van der Waals surface area contributed by atoms with Gasteiger partial charge in [0.05, 0.1) is 13.2 Å². The smallest absolute Gasteiger partial charge is 0.222 e. The van der Waals surface area contributed by atoms with Gasteiger partial charge in [0.2, 0.25) is 5.79 Å². The summed E-state index contributed by atoms with van der Waals surface area (Å²) in [6.07, 6.45) is -7.39. The highest BCUT2D eigenvalue weighted by Crippen LogP contribution is 2.41. The highest BCUT2D eigenvalue weighted by atomic mass is 35.5. The summed E-state index contributed by atoms with van der Waals surface area (Å²) in [4.78, 5) is 0. The average Bonchev–Trinajstić information content (AvgIpc) is 2.71. The van der Waals surface area contributed by atoms with Crippen LogP contribution in [0.25, 0.3) is 0 Å². The van der Waals surface area contributed by atoms with Crippen LogP contribution in [0.5, 0.6) is 5.75 Å². The summed E-state index contributed by atoms with van der Waals surface area (Å²) in [7, 11) is 1.57. The Kier molecular flexibility index (Phi) is 6.50. The summed E-state index contributed by atoms with van der Waals surface area (Å²) in [5.41, 5.74) is 1.49. The van der Waals surface area contributed by atoms with Gasteiger partial charge in [0.1, 0.15) is 30.2 Å². The number of aliphatic hydroxyl groups excluding tert-OH is 4. The van der Waals surface area contributed by atoms with Gasteiger partial charge in [0, 0.05) is 10.6 Å². The van der Waals surface area contributed by atoms with Crippen molar-refractivity contribution in [2.45, 2.75) is 49.7 Å². The predicted molar refractivity (Wildman–Crippen MR) is 106 cm³/mol. The van der Waals surface area contributed by atoms with Gasteiger partial charge in [-0.15, -0.1) is 0 Å². The van der Waals surface area contributed by atoms with Crippen LogP contribution in [0, 0.1) is 0 Å². The summed E-state index contributed by atoms with van der Waals surface area (Å²) < 4.78 is 10.7. The van der Waals surface area contributed by atoms with Crippen LogP contribution in [0.1, 0.15) is 23.6 Å². The molecule has 5 N–H and O–H groups in total. The maximum atomic E-state index is 11.3. The molecule has 158 valence electrons. The molecule has 29 heavy (non-hydrogen) atoms. The van der Waals surface area contributed by atoms with Crippen molar-refractivity contribution in [2.75, 3.05) is 7.11 Å². The van der Waals surface area contributed by atoms with Crippen molar-refractivity contribution in [1.82, 2.24) is 0 Å². The van der Waals surface area contributed by atoms with Gasteiger partial charge < -0.3 is 35.0 Å². The van der Waals surface area contributed by atoms with E-state index in [1.807, 2.05) is 12.1 Å². The molecule has 1 saturated heterocycles. The average molecular weight is 425 g/mol. The maximum absolute atomic E-state index is 11.3. The Hall–Kier alpha value is -1.71. The molecule has 0 amide bonds. The molecule has 6 atom stereocenters. The van der Waals surface area contributed by atoms with E-state index in [1.54, 1.807) is 31.4 Å². The van der Waals surface area contributed by atoms with E-state index < -0.39 is 36.3 Å². The van der Waals surface area contributed by atoms with Crippen LogP contribution in [0.2, 0.25) is 5.02 Å². The molecule has 0 saturated carbocycles. The zero-order chi connectivity index (χ0) is 21.3. The second-order valence-electron chi connectivity index (χ2n) is 7.24. The molecule has 0 spiro atoms. The predicted octanol–water partition coefficient (Wildman–Crippen LogP) is 0.947. The minimum atomic E-state index is -2.38. The minimum Gasteiger partial charge on any atom is -0.497 e. The zero-order valence-corrected chi connectivity index (χ0v) is 16.8. The van der Waals surface area contributed by atoms with Crippen LogP contribution in [0.4, 0.5) is 0 Å². The SMILES string of the molecule is COc1ccc(Cc2c(Cl)cccc2[C@@]2(O)O[C@H]([C@H](C)O)[C@@H](O)[C@H](O)[C@H]2O)cc1. The van der Waals surface area contributed by atoms with Gasteiger partial charge in [-0.05, 0) is 42.7 Å². The number of ether oxygens (including phenoxy) is 2. The van der Waals surface area contributed by atoms with E-state index in [0.717, 1.165) is 5.56 Å². The molecular formula is C21H25ClO7. The van der Waals surface area contributed by atoms with Gasteiger partial charge in [-0.3, -0.25) is 0 Å². The van der Waals surface area contributed by atoms with E-state index in [2.05, 4.69) is 0 Å². The molecule has 0 unspecified atom stereocenters. The Labute approximate surface area is 173 Å². The van der Waals surface area contributed by atoms with Gasteiger partial charge in [-0.1, -0.05) is 35.9 Å². The molecule has 0 aliphatic carbocycles. The Morgan fingerprint density at radius 3 is 2.34 bits per heavy atom. The fourth-order valence-corrected chi connectivity index (χ4v) is 3.83. The molecule has 1 aliphatic heterocycles. The Bertz CT molecular complexity index is 841. The molecule has 2 aromatic rings. The molecule has 1 aliphatic rings. The Balaban J connectivity index is 2.04. The van der Waals surface area contributed by atoms with Crippen molar-refractivity contribution >= 4 is 11.6 Å². The van der Waals surface area contributed by atoms with Gasteiger partial charge in [-0.25, -0.2) is 0 Å². The molecule has 0 aromatic heterocycles.